The second-order valence-corrected chi connectivity index (χ2v) is 5.52. The van der Waals surface area contributed by atoms with E-state index in [4.69, 9.17) is 5.73 Å². The highest BCUT2D eigenvalue weighted by molar-refractivity contribution is 7.14. The molecule has 1 heterocycles. The van der Waals surface area contributed by atoms with Gasteiger partial charge in [-0.15, -0.1) is 11.3 Å². The summed E-state index contributed by atoms with van der Waals surface area (Å²) in [5.74, 6) is -0.0856. The maximum Gasteiger partial charge on any atom is 0.243 e. The number of nitrogens with one attached hydrogen (secondary N) is 1. The van der Waals surface area contributed by atoms with Crippen molar-refractivity contribution in [2.24, 2.45) is 11.7 Å². The molecule has 0 aliphatic rings. The lowest BCUT2D eigenvalue weighted by atomic mass is 10.1. The molecule has 0 bridgehead atoms. The van der Waals surface area contributed by atoms with Gasteiger partial charge in [-0.3, -0.25) is 4.79 Å². The van der Waals surface area contributed by atoms with E-state index in [2.05, 4.69) is 10.3 Å². The van der Waals surface area contributed by atoms with Crippen molar-refractivity contribution in [1.29, 1.82) is 0 Å². The van der Waals surface area contributed by atoms with E-state index in [-0.39, 0.29) is 11.8 Å². The normalized spacial score (nSPS) is 12.4. The molecule has 4 nitrogen and oxygen atoms in total. The first kappa shape index (κ1) is 13.7. The molecule has 0 fully saturated rings. The van der Waals surface area contributed by atoms with Gasteiger partial charge in [-0.1, -0.05) is 44.2 Å². The van der Waals surface area contributed by atoms with Gasteiger partial charge in [0.15, 0.2) is 5.13 Å². The lowest BCUT2D eigenvalue weighted by Gasteiger charge is -2.13. The number of carbonyl (C=O) groups is 1. The molecule has 0 radical (unpaired) electrons. The highest BCUT2D eigenvalue weighted by Gasteiger charge is 2.18. The van der Waals surface area contributed by atoms with Gasteiger partial charge in [-0.2, -0.15) is 0 Å². The number of hydrogen-bond acceptors (Lipinski definition) is 4. The van der Waals surface area contributed by atoms with Crippen LogP contribution in [0.3, 0.4) is 0 Å². The fraction of sp³-hybridized carbons (Fsp3) is 0.286. The minimum atomic E-state index is -0.510. The number of rotatable bonds is 4. The van der Waals surface area contributed by atoms with E-state index in [1.165, 1.54) is 11.3 Å². The van der Waals surface area contributed by atoms with E-state index in [1.807, 2.05) is 49.6 Å². The zero-order valence-electron chi connectivity index (χ0n) is 11.0. The van der Waals surface area contributed by atoms with E-state index in [9.17, 15) is 4.79 Å². The molecule has 2 aromatic rings. The van der Waals surface area contributed by atoms with Gasteiger partial charge in [0, 0.05) is 10.9 Å². The van der Waals surface area contributed by atoms with Gasteiger partial charge >= 0.3 is 0 Å². The summed E-state index contributed by atoms with van der Waals surface area (Å²) >= 11 is 1.40. The van der Waals surface area contributed by atoms with Crippen LogP contribution in [0.5, 0.6) is 0 Å². The van der Waals surface area contributed by atoms with Crippen LogP contribution in [-0.2, 0) is 4.79 Å². The molecule has 0 saturated carbocycles. The molecule has 5 heteroatoms. The van der Waals surface area contributed by atoms with Gasteiger partial charge in [0.2, 0.25) is 5.91 Å². The number of nitrogens with zero attached hydrogens (tertiary/aromatic N) is 1. The van der Waals surface area contributed by atoms with Crippen LogP contribution >= 0.6 is 11.3 Å². The Hall–Kier alpha value is -1.72. The fourth-order valence-electron chi connectivity index (χ4n) is 1.56. The standard InChI is InChI=1S/C14H17N3OS/c1-9(2)12(15)13(18)17-14-16-11(8-19-14)10-6-4-3-5-7-10/h3-9,12H,15H2,1-2H3,(H,16,17,18)/t12-/m0/s1. The minimum absolute atomic E-state index is 0.105. The molecule has 1 amide bonds. The van der Waals surface area contributed by atoms with Gasteiger partial charge in [-0.25, -0.2) is 4.98 Å². The van der Waals surface area contributed by atoms with Crippen molar-refractivity contribution in [3.05, 3.63) is 35.7 Å². The molecule has 0 spiro atoms. The van der Waals surface area contributed by atoms with Crippen LogP contribution in [0.1, 0.15) is 13.8 Å². The van der Waals surface area contributed by atoms with Crippen molar-refractivity contribution in [1.82, 2.24) is 4.98 Å². The van der Waals surface area contributed by atoms with Gasteiger partial charge in [0.05, 0.1) is 11.7 Å². The monoisotopic (exact) mass is 275 g/mol. The molecule has 3 N–H and O–H groups in total. The number of carbonyl (C=O) groups excluding carboxylic acids is 1. The van der Waals surface area contributed by atoms with E-state index in [0.29, 0.717) is 5.13 Å². The number of benzene rings is 1. The Morgan fingerprint density at radius 3 is 2.63 bits per heavy atom. The molecular formula is C14H17N3OS. The van der Waals surface area contributed by atoms with Crippen molar-refractivity contribution in [2.45, 2.75) is 19.9 Å². The fourth-order valence-corrected chi connectivity index (χ4v) is 2.29. The first-order chi connectivity index (χ1) is 9.08. The molecule has 2 rings (SSSR count). The zero-order chi connectivity index (χ0) is 13.8. The number of thiazole rings is 1. The topological polar surface area (TPSA) is 68.0 Å². The first-order valence-electron chi connectivity index (χ1n) is 6.15. The molecule has 100 valence electrons. The van der Waals surface area contributed by atoms with Crippen molar-refractivity contribution < 1.29 is 4.79 Å². The Labute approximate surface area is 116 Å². The van der Waals surface area contributed by atoms with Gasteiger partial charge in [-0.05, 0) is 5.92 Å². The van der Waals surface area contributed by atoms with Crippen molar-refractivity contribution >= 4 is 22.4 Å². The molecule has 0 aliphatic carbocycles. The number of amides is 1. The number of anilines is 1. The second kappa shape index (κ2) is 5.95. The summed E-state index contributed by atoms with van der Waals surface area (Å²) in [5.41, 5.74) is 7.69. The van der Waals surface area contributed by atoms with Crippen LogP contribution in [0.4, 0.5) is 5.13 Å². The van der Waals surface area contributed by atoms with Crippen LogP contribution in [0.15, 0.2) is 35.7 Å². The predicted molar refractivity (Wildman–Crippen MR) is 79.0 cm³/mol. The quantitative estimate of drug-likeness (QED) is 0.901. The Kier molecular flexibility index (Phi) is 4.29. The van der Waals surface area contributed by atoms with Crippen LogP contribution < -0.4 is 11.1 Å². The molecule has 0 aliphatic heterocycles. The molecule has 1 aromatic heterocycles. The predicted octanol–water partition coefficient (Wildman–Crippen LogP) is 2.73. The van der Waals surface area contributed by atoms with Crippen LogP contribution in [0.2, 0.25) is 0 Å². The second-order valence-electron chi connectivity index (χ2n) is 4.66. The molecule has 1 aromatic carbocycles. The Bertz CT molecular complexity index is 551. The van der Waals surface area contributed by atoms with Crippen LogP contribution in [0.25, 0.3) is 11.3 Å². The average Bonchev–Trinajstić information content (AvgIpc) is 2.87. The summed E-state index contributed by atoms with van der Waals surface area (Å²) in [7, 11) is 0. The third-order valence-corrected chi connectivity index (χ3v) is 3.58. The molecule has 0 unspecified atom stereocenters. The summed E-state index contributed by atoms with van der Waals surface area (Å²) in [5, 5.41) is 5.26. The summed E-state index contributed by atoms with van der Waals surface area (Å²) in [6, 6.07) is 9.34. The van der Waals surface area contributed by atoms with Crippen LogP contribution in [0, 0.1) is 5.92 Å². The Morgan fingerprint density at radius 2 is 2.00 bits per heavy atom. The smallest absolute Gasteiger partial charge is 0.243 e. The maximum atomic E-state index is 11.8. The molecular weight excluding hydrogens is 258 g/mol. The number of nitrogens with two attached hydrogens (primary N) is 1. The number of hydrogen-bond donors (Lipinski definition) is 2. The van der Waals surface area contributed by atoms with Crippen molar-refractivity contribution in [2.75, 3.05) is 5.32 Å². The highest BCUT2D eigenvalue weighted by Crippen LogP contribution is 2.24. The van der Waals surface area contributed by atoms with E-state index >= 15 is 0 Å². The summed E-state index contributed by atoms with van der Waals surface area (Å²) < 4.78 is 0. The van der Waals surface area contributed by atoms with E-state index < -0.39 is 6.04 Å². The Morgan fingerprint density at radius 1 is 1.32 bits per heavy atom. The van der Waals surface area contributed by atoms with Gasteiger partial charge in [0.25, 0.3) is 0 Å². The highest BCUT2D eigenvalue weighted by atomic mass is 32.1. The van der Waals surface area contributed by atoms with Gasteiger partial charge < -0.3 is 11.1 Å². The number of aromatic nitrogens is 1. The molecule has 1 atom stereocenters. The zero-order valence-corrected chi connectivity index (χ0v) is 11.8. The third-order valence-electron chi connectivity index (χ3n) is 2.82. The third kappa shape index (κ3) is 3.39. The SMILES string of the molecule is CC(C)[C@H](N)C(=O)Nc1nc(-c2ccccc2)cs1. The average molecular weight is 275 g/mol. The lowest BCUT2D eigenvalue weighted by Crippen LogP contribution is -2.39. The summed E-state index contributed by atoms with van der Waals surface area (Å²) in [4.78, 5) is 16.2. The van der Waals surface area contributed by atoms with Gasteiger partial charge in [0.1, 0.15) is 0 Å². The van der Waals surface area contributed by atoms with E-state index in [0.717, 1.165) is 11.3 Å². The maximum absolute atomic E-state index is 11.8. The lowest BCUT2D eigenvalue weighted by molar-refractivity contribution is -0.118. The van der Waals surface area contributed by atoms with Crippen molar-refractivity contribution in [3.63, 3.8) is 0 Å². The summed E-state index contributed by atoms with van der Waals surface area (Å²) in [6.07, 6.45) is 0. The largest absolute Gasteiger partial charge is 0.320 e. The molecule has 19 heavy (non-hydrogen) atoms. The minimum Gasteiger partial charge on any atom is -0.320 e. The van der Waals surface area contributed by atoms with Crippen molar-refractivity contribution in [3.8, 4) is 11.3 Å². The van der Waals surface area contributed by atoms with Crippen LogP contribution in [-0.4, -0.2) is 16.9 Å². The first-order valence-corrected chi connectivity index (χ1v) is 7.03. The summed E-state index contributed by atoms with van der Waals surface area (Å²) in [6.45, 7) is 3.84. The Balaban J connectivity index is 2.08. The van der Waals surface area contributed by atoms with E-state index in [1.54, 1.807) is 0 Å². The molecule has 0 saturated heterocycles.